The number of carbonyl (C=O) groups is 1. The molecule has 19 heavy (non-hydrogen) atoms. The van der Waals surface area contributed by atoms with Gasteiger partial charge in [0, 0.05) is 26.2 Å². The van der Waals surface area contributed by atoms with E-state index in [4.69, 9.17) is 5.73 Å². The van der Waals surface area contributed by atoms with Gasteiger partial charge in [0.2, 0.25) is 11.5 Å². The van der Waals surface area contributed by atoms with Crippen LogP contribution in [-0.2, 0) is 0 Å². The van der Waals surface area contributed by atoms with E-state index in [0.29, 0.717) is 0 Å². The Morgan fingerprint density at radius 3 is 2.37 bits per heavy atom. The predicted molar refractivity (Wildman–Crippen MR) is 57.1 cm³/mol. The fourth-order valence-corrected chi connectivity index (χ4v) is 1.86. The molecule has 0 saturated carbocycles. The van der Waals surface area contributed by atoms with Crippen molar-refractivity contribution in [2.45, 2.75) is 6.18 Å². The van der Waals surface area contributed by atoms with Crippen LogP contribution in [0.4, 0.5) is 19.0 Å². The van der Waals surface area contributed by atoms with Crippen LogP contribution in [0.25, 0.3) is 0 Å². The Balaban J connectivity index is 1.90. The lowest BCUT2D eigenvalue weighted by Gasteiger charge is -2.34. The number of nitrogens with zero attached hydrogens (tertiary/aromatic N) is 4. The van der Waals surface area contributed by atoms with E-state index in [9.17, 15) is 18.0 Å². The van der Waals surface area contributed by atoms with Gasteiger partial charge in [-0.2, -0.15) is 13.2 Å². The summed E-state index contributed by atoms with van der Waals surface area (Å²) >= 11 is 0. The molecule has 2 rings (SSSR count). The SMILES string of the molecule is Nc1nonc1C(=O)N1CCN(CC(F)(F)F)CC1. The van der Waals surface area contributed by atoms with E-state index < -0.39 is 18.6 Å². The van der Waals surface area contributed by atoms with E-state index in [2.05, 4.69) is 14.9 Å². The monoisotopic (exact) mass is 279 g/mol. The van der Waals surface area contributed by atoms with Gasteiger partial charge in [0.15, 0.2) is 0 Å². The fourth-order valence-electron chi connectivity index (χ4n) is 1.86. The third-order valence-electron chi connectivity index (χ3n) is 2.78. The van der Waals surface area contributed by atoms with Gasteiger partial charge in [0.25, 0.3) is 5.91 Å². The van der Waals surface area contributed by atoms with Gasteiger partial charge in [0.05, 0.1) is 6.54 Å². The quantitative estimate of drug-likeness (QED) is 0.818. The second kappa shape index (κ2) is 5.03. The van der Waals surface area contributed by atoms with Crippen LogP contribution in [0.3, 0.4) is 0 Å². The highest BCUT2D eigenvalue weighted by molar-refractivity contribution is 5.96. The molecule has 0 spiro atoms. The molecule has 0 unspecified atom stereocenters. The molecular formula is C9H12F3N5O2. The summed E-state index contributed by atoms with van der Waals surface area (Å²) in [5, 5.41) is 6.65. The van der Waals surface area contributed by atoms with Crippen molar-refractivity contribution in [1.29, 1.82) is 0 Å². The minimum absolute atomic E-state index is 0.107. The van der Waals surface area contributed by atoms with Crippen molar-refractivity contribution in [3.05, 3.63) is 5.69 Å². The molecule has 2 N–H and O–H groups in total. The van der Waals surface area contributed by atoms with Gasteiger partial charge in [-0.05, 0) is 10.3 Å². The lowest BCUT2D eigenvalue weighted by molar-refractivity contribution is -0.148. The number of anilines is 1. The molecule has 0 atom stereocenters. The Kier molecular flexibility index (Phi) is 3.60. The molecule has 106 valence electrons. The van der Waals surface area contributed by atoms with E-state index in [-0.39, 0.29) is 37.7 Å². The number of alkyl halides is 3. The maximum absolute atomic E-state index is 12.2. The van der Waals surface area contributed by atoms with E-state index in [1.807, 2.05) is 0 Å². The standard InChI is InChI=1S/C9H12F3N5O2/c10-9(11,12)5-16-1-3-17(4-2-16)8(18)6-7(13)15-19-14-6/h1-5H2,(H2,13,15). The summed E-state index contributed by atoms with van der Waals surface area (Å²) in [6, 6.07) is 0. The molecule has 0 aromatic carbocycles. The smallest absolute Gasteiger partial charge is 0.379 e. The van der Waals surface area contributed by atoms with Crippen molar-refractivity contribution in [1.82, 2.24) is 20.1 Å². The van der Waals surface area contributed by atoms with E-state index in [1.165, 1.54) is 9.80 Å². The van der Waals surface area contributed by atoms with E-state index >= 15 is 0 Å². The Labute approximate surface area is 106 Å². The van der Waals surface area contributed by atoms with Crippen LogP contribution in [0, 0.1) is 0 Å². The summed E-state index contributed by atoms with van der Waals surface area (Å²) in [6.07, 6.45) is -4.23. The second-order valence-electron chi connectivity index (χ2n) is 4.18. The number of nitrogens with two attached hydrogens (primary N) is 1. The molecule has 1 aromatic rings. The summed E-state index contributed by atoms with van der Waals surface area (Å²) in [5.41, 5.74) is 5.28. The summed E-state index contributed by atoms with van der Waals surface area (Å²) in [6.45, 7) is -0.308. The van der Waals surface area contributed by atoms with Gasteiger partial charge in [0.1, 0.15) is 0 Å². The number of carbonyl (C=O) groups excluding carboxylic acids is 1. The second-order valence-corrected chi connectivity index (χ2v) is 4.18. The van der Waals surface area contributed by atoms with Crippen LogP contribution >= 0.6 is 0 Å². The lowest BCUT2D eigenvalue weighted by Crippen LogP contribution is -2.51. The molecule has 1 fully saturated rings. The van der Waals surface area contributed by atoms with Crippen molar-refractivity contribution in [3.63, 3.8) is 0 Å². The molecule has 1 aliphatic heterocycles. The average Bonchev–Trinajstić information content (AvgIpc) is 2.73. The Hall–Kier alpha value is -1.84. The minimum Gasteiger partial charge on any atom is -0.379 e. The number of hydrogen-bond acceptors (Lipinski definition) is 6. The summed E-state index contributed by atoms with van der Waals surface area (Å²) in [7, 11) is 0. The molecule has 10 heteroatoms. The largest absolute Gasteiger partial charge is 0.401 e. The first-order valence-electron chi connectivity index (χ1n) is 5.53. The van der Waals surface area contributed by atoms with Crippen LogP contribution in [-0.4, -0.2) is 64.9 Å². The highest BCUT2D eigenvalue weighted by atomic mass is 19.4. The minimum atomic E-state index is -4.23. The Bertz CT molecular complexity index is 453. The average molecular weight is 279 g/mol. The number of piperazine rings is 1. The number of nitrogen functional groups attached to an aromatic ring is 1. The Morgan fingerprint density at radius 1 is 1.26 bits per heavy atom. The lowest BCUT2D eigenvalue weighted by atomic mass is 10.2. The van der Waals surface area contributed by atoms with Gasteiger partial charge in [-0.25, -0.2) is 4.63 Å². The Morgan fingerprint density at radius 2 is 1.89 bits per heavy atom. The number of hydrogen-bond donors (Lipinski definition) is 1. The third-order valence-corrected chi connectivity index (χ3v) is 2.78. The van der Waals surface area contributed by atoms with Crippen molar-refractivity contribution in [3.8, 4) is 0 Å². The number of halogens is 3. The molecule has 0 aliphatic carbocycles. The number of aromatic nitrogens is 2. The van der Waals surface area contributed by atoms with E-state index in [0.717, 1.165) is 0 Å². The summed E-state index contributed by atoms with van der Waals surface area (Å²) in [4.78, 5) is 14.5. The first-order valence-corrected chi connectivity index (χ1v) is 5.53. The topological polar surface area (TPSA) is 88.5 Å². The normalized spacial score (nSPS) is 17.7. The number of rotatable bonds is 2. The maximum Gasteiger partial charge on any atom is 0.401 e. The molecule has 1 aliphatic rings. The van der Waals surface area contributed by atoms with Gasteiger partial charge in [-0.1, -0.05) is 0 Å². The summed E-state index contributed by atoms with van der Waals surface area (Å²) < 4.78 is 40.9. The molecule has 1 aromatic heterocycles. The number of amides is 1. The first kappa shape index (κ1) is 13.6. The zero-order valence-corrected chi connectivity index (χ0v) is 9.85. The van der Waals surface area contributed by atoms with Crippen molar-refractivity contribution in [2.24, 2.45) is 0 Å². The van der Waals surface area contributed by atoms with Gasteiger partial charge >= 0.3 is 6.18 Å². The van der Waals surface area contributed by atoms with Gasteiger partial charge in [-0.15, -0.1) is 0 Å². The molecule has 2 heterocycles. The van der Waals surface area contributed by atoms with Crippen LogP contribution in [0.1, 0.15) is 10.5 Å². The molecule has 1 saturated heterocycles. The molecule has 7 nitrogen and oxygen atoms in total. The van der Waals surface area contributed by atoms with Crippen molar-refractivity contribution >= 4 is 11.7 Å². The summed E-state index contributed by atoms with van der Waals surface area (Å²) in [5.74, 6) is -0.604. The van der Waals surface area contributed by atoms with Crippen LogP contribution in [0.15, 0.2) is 4.63 Å². The molecular weight excluding hydrogens is 267 g/mol. The van der Waals surface area contributed by atoms with Crippen LogP contribution in [0.2, 0.25) is 0 Å². The first-order chi connectivity index (χ1) is 8.87. The third kappa shape index (κ3) is 3.34. The van der Waals surface area contributed by atoms with Crippen molar-refractivity contribution < 1.29 is 22.6 Å². The molecule has 1 amide bonds. The fraction of sp³-hybridized carbons (Fsp3) is 0.667. The molecule has 0 bridgehead atoms. The van der Waals surface area contributed by atoms with Crippen LogP contribution < -0.4 is 5.73 Å². The predicted octanol–water partition coefficient (Wildman–Crippen LogP) is -0.0281. The van der Waals surface area contributed by atoms with Crippen molar-refractivity contribution in [2.75, 3.05) is 38.5 Å². The van der Waals surface area contributed by atoms with E-state index in [1.54, 1.807) is 0 Å². The molecule has 0 radical (unpaired) electrons. The highest BCUT2D eigenvalue weighted by Crippen LogP contribution is 2.18. The van der Waals surface area contributed by atoms with Gasteiger partial charge < -0.3 is 10.6 Å². The zero-order chi connectivity index (χ0) is 14.0. The van der Waals surface area contributed by atoms with Gasteiger partial charge in [-0.3, -0.25) is 9.69 Å². The van der Waals surface area contributed by atoms with Crippen LogP contribution in [0.5, 0.6) is 0 Å². The zero-order valence-electron chi connectivity index (χ0n) is 9.85. The maximum atomic E-state index is 12.2. The highest BCUT2D eigenvalue weighted by Gasteiger charge is 2.33.